The molecule has 1 heterocycles. The van der Waals surface area contributed by atoms with Crippen molar-refractivity contribution in [2.24, 2.45) is 0 Å². The Morgan fingerprint density at radius 3 is 2.39 bits per heavy atom. The third-order valence-electron chi connectivity index (χ3n) is 3.53. The molecule has 0 aliphatic rings. The Balaban J connectivity index is 1.85. The fraction of sp³-hybridized carbons (Fsp3) is 0.118. The van der Waals surface area contributed by atoms with Crippen LogP contribution in [0.25, 0.3) is 11.3 Å². The lowest BCUT2D eigenvalue weighted by atomic mass is 10.1. The predicted molar refractivity (Wildman–Crippen MR) is 84.6 cm³/mol. The van der Waals surface area contributed by atoms with Gasteiger partial charge in [-0.3, -0.25) is 14.8 Å². The van der Waals surface area contributed by atoms with Crippen LogP contribution in [0.15, 0.2) is 54.7 Å². The van der Waals surface area contributed by atoms with Crippen molar-refractivity contribution in [2.75, 3.05) is 0 Å². The van der Waals surface area contributed by atoms with E-state index in [2.05, 4.69) is 5.10 Å². The van der Waals surface area contributed by atoms with Crippen LogP contribution in [0, 0.1) is 22.9 Å². The number of aryl methyl sites for hydroxylation is 1. The van der Waals surface area contributed by atoms with Crippen molar-refractivity contribution >= 4 is 5.69 Å². The van der Waals surface area contributed by atoms with Gasteiger partial charge in [-0.2, -0.15) is 5.10 Å². The first-order chi connectivity index (χ1) is 11.0. The molecule has 1 aromatic heterocycles. The molecular weight excluding hydrogens is 297 g/mol. The second-order valence-electron chi connectivity index (χ2n) is 5.31. The number of nitrogens with zero attached hydrogens (tertiary/aromatic N) is 3. The largest absolute Gasteiger partial charge is 0.269 e. The molecule has 5 nitrogen and oxygen atoms in total. The van der Waals surface area contributed by atoms with E-state index in [0.717, 1.165) is 11.1 Å². The number of nitro groups is 1. The van der Waals surface area contributed by atoms with Gasteiger partial charge in [0.15, 0.2) is 5.82 Å². The van der Waals surface area contributed by atoms with Gasteiger partial charge in [0.2, 0.25) is 0 Å². The van der Waals surface area contributed by atoms with Gasteiger partial charge < -0.3 is 0 Å². The number of hydrogen-bond donors (Lipinski definition) is 0. The third kappa shape index (κ3) is 3.26. The van der Waals surface area contributed by atoms with E-state index in [0.29, 0.717) is 12.1 Å². The van der Waals surface area contributed by atoms with Crippen molar-refractivity contribution in [3.05, 3.63) is 81.8 Å². The van der Waals surface area contributed by atoms with Crippen LogP contribution in [-0.4, -0.2) is 14.7 Å². The summed E-state index contributed by atoms with van der Waals surface area (Å²) < 4.78 is 15.6. The van der Waals surface area contributed by atoms with Crippen LogP contribution in [0.5, 0.6) is 0 Å². The summed E-state index contributed by atoms with van der Waals surface area (Å²) in [6, 6.07) is 13.6. The minimum Gasteiger partial charge on any atom is -0.265 e. The summed E-state index contributed by atoms with van der Waals surface area (Å²) in [5.74, 6) is -0.453. The lowest BCUT2D eigenvalue weighted by Gasteiger charge is -2.02. The van der Waals surface area contributed by atoms with Crippen molar-refractivity contribution in [1.29, 1.82) is 0 Å². The van der Waals surface area contributed by atoms with E-state index in [4.69, 9.17) is 0 Å². The summed E-state index contributed by atoms with van der Waals surface area (Å²) in [7, 11) is 0. The molecule has 0 N–H and O–H groups in total. The fourth-order valence-electron chi connectivity index (χ4n) is 2.30. The Bertz CT molecular complexity index is 839. The van der Waals surface area contributed by atoms with Gasteiger partial charge in [-0.1, -0.05) is 29.8 Å². The molecule has 0 unspecified atom stereocenters. The molecule has 23 heavy (non-hydrogen) atoms. The summed E-state index contributed by atoms with van der Waals surface area (Å²) in [6.45, 7) is 2.47. The molecule has 0 saturated carbocycles. The molecule has 116 valence electrons. The van der Waals surface area contributed by atoms with Crippen LogP contribution in [0.1, 0.15) is 11.1 Å². The van der Waals surface area contributed by atoms with Crippen LogP contribution < -0.4 is 0 Å². The number of hydrogen-bond acceptors (Lipinski definition) is 3. The Labute approximate surface area is 132 Å². The zero-order chi connectivity index (χ0) is 16.4. The zero-order valence-corrected chi connectivity index (χ0v) is 12.4. The van der Waals surface area contributed by atoms with Gasteiger partial charge in [-0.15, -0.1) is 0 Å². The maximum Gasteiger partial charge on any atom is 0.269 e. The van der Waals surface area contributed by atoms with Gasteiger partial charge in [-0.05, 0) is 24.6 Å². The van der Waals surface area contributed by atoms with Crippen LogP contribution in [0.4, 0.5) is 10.1 Å². The average Bonchev–Trinajstić information content (AvgIpc) is 2.90. The SMILES string of the molecule is Cc1ccc(Cn2cc(F)c(-c3ccc([N+](=O)[O-])cc3)n2)cc1. The third-order valence-corrected chi connectivity index (χ3v) is 3.53. The summed E-state index contributed by atoms with van der Waals surface area (Å²) in [4.78, 5) is 10.2. The first kappa shape index (κ1) is 14.9. The second kappa shape index (κ2) is 6.00. The normalized spacial score (nSPS) is 10.7. The van der Waals surface area contributed by atoms with E-state index in [1.165, 1.54) is 35.1 Å². The maximum atomic E-state index is 14.1. The fourth-order valence-corrected chi connectivity index (χ4v) is 2.30. The van der Waals surface area contributed by atoms with E-state index < -0.39 is 10.7 Å². The summed E-state index contributed by atoms with van der Waals surface area (Å²) in [5.41, 5.74) is 2.84. The van der Waals surface area contributed by atoms with E-state index in [9.17, 15) is 14.5 Å². The van der Waals surface area contributed by atoms with Gasteiger partial charge in [0.25, 0.3) is 5.69 Å². The molecule has 0 fully saturated rings. The first-order valence-electron chi connectivity index (χ1n) is 7.06. The maximum absolute atomic E-state index is 14.1. The molecule has 0 aliphatic heterocycles. The highest BCUT2D eigenvalue weighted by Gasteiger charge is 2.13. The van der Waals surface area contributed by atoms with E-state index in [1.54, 1.807) is 0 Å². The molecule has 0 saturated heterocycles. The Morgan fingerprint density at radius 1 is 1.13 bits per heavy atom. The molecular formula is C17H14FN3O2. The van der Waals surface area contributed by atoms with E-state index in [1.807, 2.05) is 31.2 Å². The standard InChI is InChI=1S/C17H14FN3O2/c1-12-2-4-13(5-3-12)10-20-11-16(18)17(19-20)14-6-8-15(9-7-14)21(22)23/h2-9,11H,10H2,1H3. The highest BCUT2D eigenvalue weighted by molar-refractivity contribution is 5.61. The number of nitro benzene ring substituents is 1. The van der Waals surface area contributed by atoms with Gasteiger partial charge in [0.05, 0.1) is 17.7 Å². The Hall–Kier alpha value is -3.02. The molecule has 3 rings (SSSR count). The monoisotopic (exact) mass is 311 g/mol. The van der Waals surface area contributed by atoms with Gasteiger partial charge >= 0.3 is 0 Å². The molecule has 0 aliphatic carbocycles. The second-order valence-corrected chi connectivity index (χ2v) is 5.31. The summed E-state index contributed by atoms with van der Waals surface area (Å²) >= 11 is 0. The van der Waals surface area contributed by atoms with Crippen molar-refractivity contribution in [1.82, 2.24) is 9.78 Å². The predicted octanol–water partition coefficient (Wildman–Crippen LogP) is 3.95. The van der Waals surface area contributed by atoms with Crippen LogP contribution in [0.3, 0.4) is 0 Å². The Kier molecular flexibility index (Phi) is 3.89. The minimum absolute atomic E-state index is 0.0340. The van der Waals surface area contributed by atoms with Crippen molar-refractivity contribution < 1.29 is 9.31 Å². The quantitative estimate of drug-likeness (QED) is 0.541. The highest BCUT2D eigenvalue weighted by Crippen LogP contribution is 2.23. The summed E-state index contributed by atoms with van der Waals surface area (Å²) in [6.07, 6.45) is 1.33. The van der Waals surface area contributed by atoms with Gasteiger partial charge in [-0.25, -0.2) is 4.39 Å². The molecule has 0 amide bonds. The Morgan fingerprint density at radius 2 is 1.78 bits per heavy atom. The van der Waals surface area contributed by atoms with E-state index in [-0.39, 0.29) is 11.4 Å². The van der Waals surface area contributed by atoms with Crippen LogP contribution >= 0.6 is 0 Å². The average molecular weight is 311 g/mol. The zero-order valence-electron chi connectivity index (χ0n) is 12.4. The van der Waals surface area contributed by atoms with Crippen molar-refractivity contribution in [3.8, 4) is 11.3 Å². The van der Waals surface area contributed by atoms with Crippen molar-refractivity contribution in [2.45, 2.75) is 13.5 Å². The lowest BCUT2D eigenvalue weighted by molar-refractivity contribution is -0.384. The van der Waals surface area contributed by atoms with Crippen LogP contribution in [-0.2, 0) is 6.54 Å². The topological polar surface area (TPSA) is 61.0 Å². The lowest BCUT2D eigenvalue weighted by Crippen LogP contribution is -2.00. The molecule has 0 spiro atoms. The van der Waals surface area contributed by atoms with E-state index >= 15 is 0 Å². The first-order valence-corrected chi connectivity index (χ1v) is 7.06. The molecule has 0 radical (unpaired) electrons. The molecule has 6 heteroatoms. The number of non-ortho nitro benzene ring substituents is 1. The number of rotatable bonds is 4. The molecule has 0 atom stereocenters. The number of aromatic nitrogens is 2. The van der Waals surface area contributed by atoms with Crippen LogP contribution in [0.2, 0.25) is 0 Å². The van der Waals surface area contributed by atoms with Crippen molar-refractivity contribution in [3.63, 3.8) is 0 Å². The molecule has 2 aromatic carbocycles. The molecule has 0 bridgehead atoms. The number of benzene rings is 2. The van der Waals surface area contributed by atoms with Gasteiger partial charge in [0, 0.05) is 17.7 Å². The smallest absolute Gasteiger partial charge is 0.265 e. The summed E-state index contributed by atoms with van der Waals surface area (Å²) in [5, 5.41) is 14.9. The highest BCUT2D eigenvalue weighted by atomic mass is 19.1. The number of halogens is 1. The molecule has 3 aromatic rings. The minimum atomic E-state index is -0.490. The van der Waals surface area contributed by atoms with Gasteiger partial charge in [0.1, 0.15) is 5.69 Å².